The van der Waals surface area contributed by atoms with Gasteiger partial charge in [-0.3, -0.25) is 14.3 Å². The van der Waals surface area contributed by atoms with E-state index in [1.807, 2.05) is 0 Å². The molecular weight excluding hydrogens is 334 g/mol. The van der Waals surface area contributed by atoms with E-state index < -0.39 is 23.1 Å². The second-order valence-corrected chi connectivity index (χ2v) is 6.09. The Kier molecular flexibility index (Phi) is 3.14. The minimum absolute atomic E-state index is 0.0820. The number of fused-ring (bicyclic) bond motifs is 1. The van der Waals surface area contributed by atoms with Crippen LogP contribution in [0.4, 0.5) is 5.82 Å². The molecule has 1 atom stereocenters. The molecule has 0 amide bonds. The first-order valence-electron chi connectivity index (χ1n) is 7.23. The van der Waals surface area contributed by atoms with Crippen LogP contribution >= 0.6 is 11.6 Å². The predicted molar refractivity (Wildman–Crippen MR) is 87.2 cm³/mol. The van der Waals surface area contributed by atoms with Crippen molar-refractivity contribution >= 4 is 23.4 Å². The summed E-state index contributed by atoms with van der Waals surface area (Å²) >= 11 is 5.94. The normalized spacial score (nSPS) is 18.8. The van der Waals surface area contributed by atoms with Gasteiger partial charge in [0.25, 0.3) is 5.56 Å². The van der Waals surface area contributed by atoms with Crippen LogP contribution in [0.15, 0.2) is 45.1 Å². The van der Waals surface area contributed by atoms with E-state index in [4.69, 9.17) is 16.3 Å². The predicted octanol–water partition coefficient (Wildman–Crippen LogP) is 1.10. The van der Waals surface area contributed by atoms with Gasteiger partial charge in [-0.05, 0) is 17.7 Å². The van der Waals surface area contributed by atoms with Crippen molar-refractivity contribution in [3.05, 3.63) is 72.5 Å². The van der Waals surface area contributed by atoms with Gasteiger partial charge in [-0.1, -0.05) is 23.7 Å². The van der Waals surface area contributed by atoms with Crippen molar-refractivity contribution < 1.29 is 9.53 Å². The first-order valence-corrected chi connectivity index (χ1v) is 7.61. The van der Waals surface area contributed by atoms with Crippen LogP contribution in [-0.2, 0) is 16.6 Å². The number of nitrogens with one attached hydrogen (secondary N) is 2. The van der Waals surface area contributed by atoms with Gasteiger partial charge in [-0.2, -0.15) is 0 Å². The molecule has 2 aliphatic rings. The third kappa shape index (κ3) is 2.01. The van der Waals surface area contributed by atoms with Gasteiger partial charge in [0, 0.05) is 12.1 Å². The molecule has 24 heavy (non-hydrogen) atoms. The number of ether oxygens (including phenoxy) is 1. The fraction of sp³-hybridized carbons (Fsp3) is 0.188. The lowest BCUT2D eigenvalue weighted by atomic mass is 9.83. The molecule has 0 fully saturated rings. The van der Waals surface area contributed by atoms with Gasteiger partial charge >= 0.3 is 11.7 Å². The Balaban J connectivity index is 2.04. The lowest BCUT2D eigenvalue weighted by molar-refractivity contribution is -0.136. The van der Waals surface area contributed by atoms with Gasteiger partial charge < -0.3 is 10.1 Å². The number of aromatic amines is 1. The number of cyclic esters (lactones) is 1. The second-order valence-electron chi connectivity index (χ2n) is 5.66. The molecule has 3 heterocycles. The topological polar surface area (TPSA) is 93.2 Å². The van der Waals surface area contributed by atoms with E-state index in [1.54, 1.807) is 31.3 Å². The quantitative estimate of drug-likeness (QED) is 0.755. The largest absolute Gasteiger partial charge is 0.456 e. The number of esters is 1. The number of nitrogens with zero attached hydrogens (tertiary/aromatic N) is 1. The number of aromatic nitrogens is 2. The lowest BCUT2D eigenvalue weighted by Gasteiger charge is -2.27. The average Bonchev–Trinajstić information content (AvgIpc) is 2.93. The zero-order chi connectivity index (χ0) is 17.0. The molecule has 0 radical (unpaired) electrons. The molecule has 2 N–H and O–H groups in total. The van der Waals surface area contributed by atoms with E-state index in [9.17, 15) is 14.4 Å². The Hall–Kier alpha value is -2.80. The van der Waals surface area contributed by atoms with Crippen LogP contribution in [0.2, 0.25) is 5.02 Å². The molecule has 1 aromatic heterocycles. The van der Waals surface area contributed by atoms with Gasteiger partial charge in [-0.25, -0.2) is 9.59 Å². The summed E-state index contributed by atoms with van der Waals surface area (Å²) in [6, 6.07) is 6.89. The summed E-state index contributed by atoms with van der Waals surface area (Å²) in [5.74, 6) is -0.740. The first kappa shape index (κ1) is 14.8. The number of carbonyl (C=O) groups is 1. The van der Waals surface area contributed by atoms with Crippen molar-refractivity contribution in [1.29, 1.82) is 0 Å². The van der Waals surface area contributed by atoms with E-state index in [0.29, 0.717) is 27.7 Å². The van der Waals surface area contributed by atoms with E-state index in [-0.39, 0.29) is 6.61 Å². The number of carbonyl (C=O) groups excluding carboxylic acids is 1. The molecular formula is C16H12ClN3O4. The summed E-state index contributed by atoms with van der Waals surface area (Å²) in [5, 5.41) is 3.55. The second kappa shape index (κ2) is 5.10. The lowest BCUT2D eigenvalue weighted by Crippen LogP contribution is -2.37. The summed E-state index contributed by atoms with van der Waals surface area (Å²) in [6.07, 6.45) is 0. The Morgan fingerprint density at radius 2 is 1.92 bits per heavy atom. The highest BCUT2D eigenvalue weighted by atomic mass is 35.5. The average molecular weight is 346 g/mol. The van der Waals surface area contributed by atoms with Gasteiger partial charge in [0.2, 0.25) is 0 Å². The van der Waals surface area contributed by atoms with Gasteiger partial charge in [0.15, 0.2) is 0 Å². The third-order valence-corrected chi connectivity index (χ3v) is 4.55. The molecule has 1 unspecified atom stereocenters. The highest BCUT2D eigenvalue weighted by Crippen LogP contribution is 2.42. The monoisotopic (exact) mass is 345 g/mol. The standard InChI is InChI=1S/C16H12ClN3O4/c1-20-13-12(14(21)19-16(20)23)10(7-2-4-8(17)5-3-7)11-9(18-13)6-24-15(11)22/h2-5,10,18H,6H2,1H3,(H,19,21,23). The van der Waals surface area contributed by atoms with Crippen LogP contribution in [0.1, 0.15) is 17.0 Å². The number of rotatable bonds is 1. The maximum Gasteiger partial charge on any atom is 0.337 e. The number of anilines is 1. The third-order valence-electron chi connectivity index (χ3n) is 4.30. The van der Waals surface area contributed by atoms with Crippen molar-refractivity contribution in [3.63, 3.8) is 0 Å². The summed E-state index contributed by atoms with van der Waals surface area (Å²) < 4.78 is 6.43. The van der Waals surface area contributed by atoms with Crippen LogP contribution in [0.5, 0.6) is 0 Å². The first-order chi connectivity index (χ1) is 11.5. The van der Waals surface area contributed by atoms with Crippen molar-refractivity contribution in [2.45, 2.75) is 5.92 Å². The number of hydrogen-bond donors (Lipinski definition) is 2. The molecule has 2 aromatic rings. The summed E-state index contributed by atoms with van der Waals surface area (Å²) in [7, 11) is 1.55. The SMILES string of the molecule is Cn1c2c(c(=O)[nH]c1=O)C(c1ccc(Cl)cc1)C1=C(COC1=O)N2. The van der Waals surface area contributed by atoms with Crippen molar-refractivity contribution in [2.24, 2.45) is 7.05 Å². The van der Waals surface area contributed by atoms with E-state index >= 15 is 0 Å². The molecule has 8 heteroatoms. The Morgan fingerprint density at radius 1 is 1.21 bits per heavy atom. The molecule has 2 aliphatic heterocycles. The molecule has 0 bridgehead atoms. The number of halogens is 1. The van der Waals surface area contributed by atoms with Crippen molar-refractivity contribution in [3.8, 4) is 0 Å². The van der Waals surface area contributed by atoms with Crippen molar-refractivity contribution in [1.82, 2.24) is 9.55 Å². The highest BCUT2D eigenvalue weighted by molar-refractivity contribution is 6.30. The number of hydrogen-bond acceptors (Lipinski definition) is 5. The molecule has 4 rings (SSSR count). The fourth-order valence-corrected chi connectivity index (χ4v) is 3.27. The number of benzene rings is 1. The van der Waals surface area contributed by atoms with E-state index in [1.165, 1.54) is 4.57 Å². The fourth-order valence-electron chi connectivity index (χ4n) is 3.14. The minimum Gasteiger partial charge on any atom is -0.456 e. The molecule has 0 saturated carbocycles. The van der Waals surface area contributed by atoms with Crippen LogP contribution < -0.4 is 16.6 Å². The summed E-state index contributed by atoms with van der Waals surface area (Å²) in [6.45, 7) is 0.0820. The maximum atomic E-state index is 12.5. The number of H-pyrrole nitrogens is 1. The van der Waals surface area contributed by atoms with Gasteiger partial charge in [0.05, 0.1) is 22.8 Å². The molecule has 0 saturated heterocycles. The smallest absolute Gasteiger partial charge is 0.337 e. The van der Waals surface area contributed by atoms with Crippen LogP contribution in [-0.4, -0.2) is 22.1 Å². The van der Waals surface area contributed by atoms with E-state index in [2.05, 4.69) is 10.3 Å². The Labute approximate surface area is 140 Å². The van der Waals surface area contributed by atoms with Gasteiger partial charge in [-0.15, -0.1) is 0 Å². The van der Waals surface area contributed by atoms with Gasteiger partial charge in [0.1, 0.15) is 12.4 Å². The van der Waals surface area contributed by atoms with Crippen LogP contribution in [0, 0.1) is 0 Å². The molecule has 0 aliphatic carbocycles. The minimum atomic E-state index is -0.626. The zero-order valence-electron chi connectivity index (χ0n) is 12.6. The summed E-state index contributed by atoms with van der Waals surface area (Å²) in [4.78, 5) is 38.9. The molecule has 7 nitrogen and oxygen atoms in total. The van der Waals surface area contributed by atoms with Crippen LogP contribution in [0.25, 0.3) is 0 Å². The molecule has 1 aromatic carbocycles. The van der Waals surface area contributed by atoms with Crippen molar-refractivity contribution in [2.75, 3.05) is 11.9 Å². The zero-order valence-corrected chi connectivity index (χ0v) is 13.3. The summed E-state index contributed by atoms with van der Waals surface area (Å²) in [5.41, 5.74) is 0.902. The maximum absolute atomic E-state index is 12.5. The Bertz CT molecular complexity index is 1020. The van der Waals surface area contributed by atoms with Crippen LogP contribution in [0.3, 0.4) is 0 Å². The highest BCUT2D eigenvalue weighted by Gasteiger charge is 2.41. The van der Waals surface area contributed by atoms with E-state index in [0.717, 1.165) is 5.56 Å². The molecule has 0 spiro atoms. The molecule has 122 valence electrons. The Morgan fingerprint density at radius 3 is 2.62 bits per heavy atom.